The first-order chi connectivity index (χ1) is 12.1. The summed E-state index contributed by atoms with van der Waals surface area (Å²) < 4.78 is 17.1. The molecule has 0 radical (unpaired) electrons. The number of hydrogen-bond acceptors (Lipinski definition) is 6. The molecule has 160 valence electrons. The van der Waals surface area contributed by atoms with E-state index in [9.17, 15) is 9.59 Å². The van der Waals surface area contributed by atoms with Crippen LogP contribution in [0.25, 0.3) is 0 Å². The van der Waals surface area contributed by atoms with Crippen molar-refractivity contribution >= 4 is 36.9 Å². The van der Waals surface area contributed by atoms with Gasteiger partial charge in [-0.3, -0.25) is 14.5 Å². The van der Waals surface area contributed by atoms with Gasteiger partial charge in [-0.1, -0.05) is 0 Å². The number of likely N-dealkylation sites (N-methyl/N-ethyl adjacent to an activating group) is 1. The fourth-order valence-corrected chi connectivity index (χ4v) is 6.14. The van der Waals surface area contributed by atoms with Crippen molar-refractivity contribution in [2.45, 2.75) is 84.2 Å². The van der Waals surface area contributed by atoms with E-state index in [1.54, 1.807) is 0 Å². The zero-order chi connectivity index (χ0) is 21.5. The number of rotatable bonds is 12. The van der Waals surface area contributed by atoms with E-state index >= 15 is 0 Å². The molecule has 0 bridgehead atoms. The van der Waals surface area contributed by atoms with Crippen molar-refractivity contribution in [2.75, 3.05) is 20.2 Å². The summed E-state index contributed by atoms with van der Waals surface area (Å²) in [7, 11) is -3.79. The second-order valence-electron chi connectivity index (χ2n) is 9.62. The molecule has 0 aliphatic carbocycles. The summed E-state index contributed by atoms with van der Waals surface area (Å²) in [5, 5.41) is 0. The van der Waals surface area contributed by atoms with Crippen LogP contribution in [-0.4, -0.2) is 68.0 Å². The Morgan fingerprint density at radius 1 is 0.926 bits per heavy atom. The van der Waals surface area contributed by atoms with Gasteiger partial charge in [-0.25, -0.2) is 0 Å². The van der Waals surface area contributed by atoms with Gasteiger partial charge in [0.25, 0.3) is 5.97 Å². The first-order valence-corrected chi connectivity index (χ1v) is 19.8. The van der Waals surface area contributed by atoms with Crippen molar-refractivity contribution in [3.8, 4) is 0 Å². The first kappa shape index (κ1) is 26.5. The predicted molar refractivity (Wildman–Crippen MR) is 118 cm³/mol. The van der Waals surface area contributed by atoms with Crippen LogP contribution in [0.1, 0.15) is 19.8 Å². The Balaban J connectivity index is 5.00. The smallest absolute Gasteiger partial charge is 0.310 e. The van der Waals surface area contributed by atoms with E-state index in [4.69, 9.17) is 13.3 Å². The van der Waals surface area contributed by atoms with Gasteiger partial charge in [-0.2, -0.15) is 0 Å². The topological polar surface area (TPSA) is 65.1 Å². The summed E-state index contributed by atoms with van der Waals surface area (Å²) in [5.41, 5.74) is 0. The van der Waals surface area contributed by atoms with Crippen molar-refractivity contribution in [2.24, 2.45) is 0 Å². The van der Waals surface area contributed by atoms with Crippen molar-refractivity contribution in [3.05, 3.63) is 0 Å². The highest BCUT2D eigenvalue weighted by Gasteiger charge is 2.33. The highest BCUT2D eigenvalue weighted by molar-refractivity contribution is 6.72. The molecule has 0 aromatic carbocycles. The van der Waals surface area contributed by atoms with Gasteiger partial charge in [0.15, 0.2) is 8.32 Å². The van der Waals surface area contributed by atoms with Crippen molar-refractivity contribution in [1.82, 2.24) is 4.90 Å². The average molecular weight is 436 g/mol. The van der Waals surface area contributed by atoms with E-state index in [1.165, 1.54) is 0 Å². The van der Waals surface area contributed by atoms with Gasteiger partial charge in [0.1, 0.15) is 6.04 Å². The van der Waals surface area contributed by atoms with Crippen LogP contribution in [0, 0.1) is 0 Å². The van der Waals surface area contributed by atoms with Gasteiger partial charge in [0.2, 0.25) is 16.6 Å². The summed E-state index contributed by atoms with van der Waals surface area (Å²) in [6.07, 6.45) is 0.964. The third-order valence-corrected chi connectivity index (χ3v) is 8.10. The molecule has 0 spiro atoms. The second kappa shape index (κ2) is 10.9. The molecule has 0 aliphatic rings. The van der Waals surface area contributed by atoms with Crippen molar-refractivity contribution < 1.29 is 22.9 Å². The maximum Gasteiger partial charge on any atom is 0.310 e. The highest BCUT2D eigenvalue weighted by atomic mass is 28.4. The molecule has 0 fully saturated rings. The molecular weight excluding hydrogens is 394 g/mol. The van der Waals surface area contributed by atoms with Crippen LogP contribution in [0.15, 0.2) is 0 Å². The van der Waals surface area contributed by atoms with E-state index in [-0.39, 0.29) is 18.4 Å². The fraction of sp³-hybridized carbons (Fsp3) is 0.889. The molecule has 0 saturated heterocycles. The summed E-state index contributed by atoms with van der Waals surface area (Å²) in [4.78, 5) is 27.0. The number of hydrogen-bond donors (Lipinski definition) is 0. The van der Waals surface area contributed by atoms with Gasteiger partial charge in [0, 0.05) is 6.61 Å². The third-order valence-electron chi connectivity index (χ3n) is 3.82. The first-order valence-electron chi connectivity index (χ1n) is 9.85. The van der Waals surface area contributed by atoms with Crippen molar-refractivity contribution in [1.29, 1.82) is 0 Å². The Labute approximate surface area is 169 Å². The molecule has 0 aliphatic heterocycles. The van der Waals surface area contributed by atoms with Gasteiger partial charge >= 0.3 is 5.97 Å². The number of carbonyl (C=O) groups is 2. The molecule has 0 aromatic rings. The Morgan fingerprint density at radius 2 is 1.44 bits per heavy atom. The normalized spacial score (nSPS) is 14.2. The van der Waals surface area contributed by atoms with Crippen LogP contribution < -0.4 is 0 Å². The van der Waals surface area contributed by atoms with E-state index in [1.807, 2.05) is 58.2 Å². The molecule has 1 atom stereocenters. The Hall–Kier alpha value is -0.489. The highest BCUT2D eigenvalue weighted by Crippen LogP contribution is 2.17. The van der Waals surface area contributed by atoms with Crippen LogP contribution in [0.3, 0.4) is 0 Å². The van der Waals surface area contributed by atoms with Crippen LogP contribution in [0.5, 0.6) is 0 Å². The lowest BCUT2D eigenvalue weighted by Gasteiger charge is -2.30. The summed E-state index contributed by atoms with van der Waals surface area (Å²) in [5.74, 6) is -0.631. The molecule has 0 amide bonds. The Morgan fingerprint density at radius 3 is 1.89 bits per heavy atom. The lowest BCUT2D eigenvalue weighted by Crippen LogP contribution is -2.46. The van der Waals surface area contributed by atoms with E-state index < -0.39 is 31.0 Å². The Bertz CT molecular complexity index is 486. The van der Waals surface area contributed by atoms with E-state index in [2.05, 4.69) is 13.1 Å². The SMILES string of the molecule is CCO[Si](C)(C)CCCN(C)C(CC(=O)O[Si](C)(C)C)C(=O)O[Si](C)(C)C. The monoisotopic (exact) mass is 435 g/mol. The molecule has 0 N–H and O–H groups in total. The molecule has 0 rings (SSSR count). The molecule has 6 nitrogen and oxygen atoms in total. The standard InChI is InChI=1S/C18H41NO5Si3/c1-11-22-27(9,10)14-12-13-19(2)16(18(21)24-26(6,7)8)15-17(20)23-25(3,4)5/h16H,11-15H2,1-10H3. The number of carbonyl (C=O) groups excluding carboxylic acids is 2. The third kappa shape index (κ3) is 13.3. The lowest BCUT2D eigenvalue weighted by atomic mass is 10.2. The number of nitrogens with zero attached hydrogens (tertiary/aromatic N) is 1. The fourth-order valence-electron chi connectivity index (χ4n) is 2.70. The minimum atomic E-state index is -2.03. The molecule has 0 saturated carbocycles. The molecular formula is C18H41NO5Si3. The van der Waals surface area contributed by atoms with Crippen LogP contribution >= 0.6 is 0 Å². The van der Waals surface area contributed by atoms with Gasteiger partial charge in [-0.15, -0.1) is 0 Å². The largest absolute Gasteiger partial charge is 0.520 e. The van der Waals surface area contributed by atoms with Crippen molar-refractivity contribution in [3.63, 3.8) is 0 Å². The molecule has 9 heteroatoms. The minimum absolute atomic E-state index is 0.0381. The molecule has 27 heavy (non-hydrogen) atoms. The minimum Gasteiger partial charge on any atom is -0.520 e. The van der Waals surface area contributed by atoms with Gasteiger partial charge in [-0.05, 0) is 85.4 Å². The van der Waals surface area contributed by atoms with E-state index in [0.717, 1.165) is 25.6 Å². The Kier molecular flexibility index (Phi) is 10.7. The van der Waals surface area contributed by atoms with Crippen LogP contribution in [0.2, 0.25) is 58.4 Å². The van der Waals surface area contributed by atoms with E-state index in [0.29, 0.717) is 0 Å². The summed E-state index contributed by atoms with van der Waals surface area (Å²) >= 11 is 0. The summed E-state index contributed by atoms with van der Waals surface area (Å²) in [6, 6.07) is 0.415. The average Bonchev–Trinajstić information content (AvgIpc) is 2.40. The maximum atomic E-state index is 12.7. The maximum absolute atomic E-state index is 12.7. The van der Waals surface area contributed by atoms with Gasteiger partial charge < -0.3 is 13.3 Å². The lowest BCUT2D eigenvalue weighted by molar-refractivity contribution is -0.147. The zero-order valence-corrected chi connectivity index (χ0v) is 22.1. The molecule has 1 unspecified atom stereocenters. The predicted octanol–water partition coefficient (Wildman–Crippen LogP) is 4.06. The quantitative estimate of drug-likeness (QED) is 0.431. The molecule has 0 aromatic heterocycles. The zero-order valence-electron chi connectivity index (χ0n) is 19.1. The van der Waals surface area contributed by atoms with Crippen LogP contribution in [0.4, 0.5) is 0 Å². The van der Waals surface area contributed by atoms with Crippen LogP contribution in [-0.2, 0) is 22.9 Å². The summed E-state index contributed by atoms with van der Waals surface area (Å²) in [6.45, 7) is 19.7. The second-order valence-corrected chi connectivity index (χ2v) is 22.8. The van der Waals surface area contributed by atoms with Gasteiger partial charge in [0.05, 0.1) is 6.42 Å². The molecule has 0 heterocycles.